The number of fused-ring (bicyclic) bond motifs is 1. The molecule has 0 spiro atoms. The van der Waals surface area contributed by atoms with Gasteiger partial charge in [0.1, 0.15) is 11.3 Å². The third kappa shape index (κ3) is 3.46. The Morgan fingerprint density at radius 3 is 2.75 bits per heavy atom. The molecular weight excluding hydrogens is 378 g/mol. The van der Waals surface area contributed by atoms with Crippen LogP contribution >= 0.6 is 11.8 Å². The highest BCUT2D eigenvalue weighted by molar-refractivity contribution is 7.98. The smallest absolute Gasteiger partial charge is 0.344 e. The van der Waals surface area contributed by atoms with Crippen LogP contribution in [0.3, 0.4) is 0 Å². The van der Waals surface area contributed by atoms with Crippen LogP contribution in [-0.2, 0) is 5.75 Å². The third-order valence-electron chi connectivity index (χ3n) is 4.51. The number of phenolic OH excluding ortho intramolecular Hbond substituents is 1. The van der Waals surface area contributed by atoms with Crippen molar-refractivity contribution in [1.29, 1.82) is 0 Å². The molecule has 7 nitrogen and oxygen atoms in total. The van der Waals surface area contributed by atoms with Crippen LogP contribution in [0.15, 0.2) is 73.8 Å². The van der Waals surface area contributed by atoms with Crippen LogP contribution in [0.5, 0.6) is 5.75 Å². The summed E-state index contributed by atoms with van der Waals surface area (Å²) in [4.78, 5) is 24.2. The number of benzene rings is 2. The molecule has 2 aromatic heterocycles. The van der Waals surface area contributed by atoms with Crippen LogP contribution in [0.2, 0.25) is 0 Å². The van der Waals surface area contributed by atoms with Gasteiger partial charge in [0.25, 0.3) is 0 Å². The molecule has 0 unspecified atom stereocenters. The lowest BCUT2D eigenvalue weighted by atomic mass is 10.1. The summed E-state index contributed by atoms with van der Waals surface area (Å²) in [6, 6.07) is 15.6. The predicted molar refractivity (Wildman–Crippen MR) is 107 cm³/mol. The molecule has 0 aliphatic carbocycles. The summed E-state index contributed by atoms with van der Waals surface area (Å²) in [7, 11) is 0. The fourth-order valence-electron chi connectivity index (χ4n) is 3.09. The maximum Gasteiger partial charge on any atom is 0.344 e. The van der Waals surface area contributed by atoms with E-state index in [1.54, 1.807) is 16.7 Å². The van der Waals surface area contributed by atoms with Crippen molar-refractivity contribution in [3.8, 4) is 5.75 Å². The molecule has 2 N–H and O–H groups in total. The highest BCUT2D eigenvalue weighted by atomic mass is 32.2. The minimum absolute atomic E-state index is 0.0262. The van der Waals surface area contributed by atoms with Crippen molar-refractivity contribution >= 4 is 22.7 Å². The SMILES string of the molecule is C[C@@H](c1ccccc1)n1c(SCc2cc(=O)oc3cc(O)ccc23)n[nH]c1=O. The lowest BCUT2D eigenvalue weighted by molar-refractivity contribution is 0.473. The van der Waals surface area contributed by atoms with Gasteiger partial charge in [-0.2, -0.15) is 0 Å². The first-order chi connectivity index (χ1) is 13.5. The molecule has 0 fully saturated rings. The van der Waals surface area contributed by atoms with E-state index in [9.17, 15) is 14.7 Å². The number of hydrogen-bond acceptors (Lipinski definition) is 6. The Balaban J connectivity index is 1.66. The maximum atomic E-state index is 12.3. The average molecular weight is 395 g/mol. The van der Waals surface area contributed by atoms with E-state index in [0.717, 1.165) is 16.5 Å². The van der Waals surface area contributed by atoms with Crippen molar-refractivity contribution in [2.75, 3.05) is 0 Å². The van der Waals surface area contributed by atoms with Gasteiger partial charge in [-0.15, -0.1) is 5.10 Å². The summed E-state index contributed by atoms with van der Waals surface area (Å²) >= 11 is 1.35. The Morgan fingerprint density at radius 2 is 1.96 bits per heavy atom. The molecule has 28 heavy (non-hydrogen) atoms. The van der Waals surface area contributed by atoms with Crippen molar-refractivity contribution in [3.05, 3.63) is 86.6 Å². The second-order valence-corrected chi connectivity index (χ2v) is 7.27. The average Bonchev–Trinajstić information content (AvgIpc) is 3.06. The molecule has 142 valence electrons. The van der Waals surface area contributed by atoms with Gasteiger partial charge in [0, 0.05) is 23.3 Å². The molecule has 2 heterocycles. The topological polar surface area (TPSA) is 101 Å². The van der Waals surface area contributed by atoms with Crippen LogP contribution < -0.4 is 11.3 Å². The minimum Gasteiger partial charge on any atom is -0.508 e. The Morgan fingerprint density at radius 1 is 1.18 bits per heavy atom. The number of thioether (sulfide) groups is 1. The van der Waals surface area contributed by atoms with E-state index in [0.29, 0.717) is 16.5 Å². The Hall–Kier alpha value is -3.26. The summed E-state index contributed by atoms with van der Waals surface area (Å²) in [6.45, 7) is 1.94. The van der Waals surface area contributed by atoms with Gasteiger partial charge in [-0.05, 0) is 30.2 Å². The van der Waals surface area contributed by atoms with Crippen molar-refractivity contribution in [2.24, 2.45) is 0 Å². The van der Waals surface area contributed by atoms with E-state index in [1.165, 1.54) is 23.9 Å². The molecule has 0 radical (unpaired) electrons. The first-order valence-corrected chi connectivity index (χ1v) is 9.62. The van der Waals surface area contributed by atoms with Gasteiger partial charge >= 0.3 is 11.3 Å². The Bertz CT molecular complexity index is 1240. The standard InChI is InChI=1S/C20H17N3O4S/c1-12(13-5-3-2-4-6-13)23-19(26)21-22-20(23)28-11-14-9-18(25)27-17-10-15(24)7-8-16(14)17/h2-10,12,24H,11H2,1H3,(H,21,26)/t12-/m0/s1. The Kier molecular flexibility index (Phi) is 4.79. The number of nitrogens with one attached hydrogen (secondary N) is 1. The van der Waals surface area contributed by atoms with E-state index in [1.807, 2.05) is 37.3 Å². The number of H-pyrrole nitrogens is 1. The van der Waals surface area contributed by atoms with Crippen LogP contribution in [0, 0.1) is 0 Å². The zero-order valence-corrected chi connectivity index (χ0v) is 15.8. The van der Waals surface area contributed by atoms with Crippen molar-refractivity contribution < 1.29 is 9.52 Å². The summed E-state index contributed by atoms with van der Waals surface area (Å²) in [6.07, 6.45) is 0. The fraction of sp³-hybridized carbons (Fsp3) is 0.150. The quantitative estimate of drug-likeness (QED) is 0.397. The number of nitrogens with zero attached hydrogens (tertiary/aromatic N) is 2. The van der Waals surface area contributed by atoms with Gasteiger partial charge in [-0.1, -0.05) is 42.1 Å². The second-order valence-electron chi connectivity index (χ2n) is 6.33. The van der Waals surface area contributed by atoms with Crippen molar-refractivity contribution in [2.45, 2.75) is 23.9 Å². The van der Waals surface area contributed by atoms with Gasteiger partial charge in [0.15, 0.2) is 5.16 Å². The number of aromatic amines is 1. The zero-order valence-electron chi connectivity index (χ0n) is 15.0. The van der Waals surface area contributed by atoms with E-state index in [-0.39, 0.29) is 17.5 Å². The third-order valence-corrected chi connectivity index (χ3v) is 5.51. The molecule has 4 rings (SSSR count). The van der Waals surface area contributed by atoms with Crippen LogP contribution in [-0.4, -0.2) is 19.9 Å². The fourth-order valence-corrected chi connectivity index (χ4v) is 4.11. The molecular formula is C20H17N3O4S. The minimum atomic E-state index is -0.495. The van der Waals surface area contributed by atoms with E-state index >= 15 is 0 Å². The molecule has 8 heteroatoms. The second kappa shape index (κ2) is 7.40. The van der Waals surface area contributed by atoms with Gasteiger partial charge in [0.2, 0.25) is 0 Å². The summed E-state index contributed by atoms with van der Waals surface area (Å²) in [5, 5.41) is 17.5. The molecule has 4 aromatic rings. The van der Waals surface area contributed by atoms with Gasteiger partial charge in [0.05, 0.1) is 6.04 Å². The largest absolute Gasteiger partial charge is 0.508 e. The maximum absolute atomic E-state index is 12.3. The molecule has 0 amide bonds. The van der Waals surface area contributed by atoms with Crippen LogP contribution in [0.25, 0.3) is 11.0 Å². The number of phenols is 1. The molecule has 1 atom stereocenters. The summed E-state index contributed by atoms with van der Waals surface area (Å²) in [5.41, 5.74) is 1.27. The summed E-state index contributed by atoms with van der Waals surface area (Å²) in [5.74, 6) is 0.442. The lowest BCUT2D eigenvalue weighted by Crippen LogP contribution is -2.22. The lowest BCUT2D eigenvalue weighted by Gasteiger charge is -2.14. The first-order valence-electron chi connectivity index (χ1n) is 8.63. The predicted octanol–water partition coefficient (Wildman–Crippen LogP) is 3.29. The van der Waals surface area contributed by atoms with E-state index in [4.69, 9.17) is 4.42 Å². The Labute approximate surface area is 163 Å². The van der Waals surface area contributed by atoms with Crippen LogP contribution in [0.1, 0.15) is 24.1 Å². The van der Waals surface area contributed by atoms with E-state index in [2.05, 4.69) is 10.2 Å². The highest BCUT2D eigenvalue weighted by Gasteiger charge is 2.17. The molecule has 0 saturated heterocycles. The number of rotatable bonds is 5. The molecule has 2 aromatic carbocycles. The monoisotopic (exact) mass is 395 g/mol. The number of hydrogen-bond donors (Lipinski definition) is 2. The van der Waals surface area contributed by atoms with Crippen molar-refractivity contribution in [3.63, 3.8) is 0 Å². The van der Waals surface area contributed by atoms with Gasteiger partial charge < -0.3 is 9.52 Å². The molecule has 0 bridgehead atoms. The highest BCUT2D eigenvalue weighted by Crippen LogP contribution is 2.28. The molecule has 0 aliphatic heterocycles. The molecule has 0 saturated carbocycles. The molecule has 0 aliphatic rings. The normalized spacial score (nSPS) is 12.3. The number of aromatic nitrogens is 3. The van der Waals surface area contributed by atoms with Gasteiger partial charge in [-0.25, -0.2) is 14.7 Å². The number of aromatic hydroxyl groups is 1. The first kappa shape index (κ1) is 18.1. The van der Waals surface area contributed by atoms with Crippen molar-refractivity contribution in [1.82, 2.24) is 14.8 Å². The zero-order chi connectivity index (χ0) is 19.7. The van der Waals surface area contributed by atoms with Crippen LogP contribution in [0.4, 0.5) is 0 Å². The van der Waals surface area contributed by atoms with E-state index < -0.39 is 5.63 Å². The summed E-state index contributed by atoms with van der Waals surface area (Å²) < 4.78 is 6.75. The van der Waals surface area contributed by atoms with Gasteiger partial charge in [-0.3, -0.25) is 4.57 Å².